The van der Waals surface area contributed by atoms with Gasteiger partial charge in [0.25, 0.3) is 11.8 Å². The molecular weight excluding hydrogens is 423 g/mol. The molecule has 0 aromatic heterocycles. The largest absolute Gasteiger partial charge is 0.497 e. The van der Waals surface area contributed by atoms with E-state index in [1.54, 1.807) is 36.4 Å². The Kier molecular flexibility index (Phi) is 5.66. The van der Waals surface area contributed by atoms with Gasteiger partial charge in [0.05, 0.1) is 7.11 Å². The molecule has 9 heteroatoms. The van der Waals surface area contributed by atoms with Crippen LogP contribution in [0.4, 0.5) is 13.2 Å². The van der Waals surface area contributed by atoms with Gasteiger partial charge in [-0.2, -0.15) is 13.2 Å². The lowest BCUT2D eigenvalue weighted by Gasteiger charge is -2.31. The summed E-state index contributed by atoms with van der Waals surface area (Å²) in [4.78, 5) is 31.2. The Morgan fingerprint density at radius 2 is 1.81 bits per heavy atom. The first kappa shape index (κ1) is 21.9. The number of carbonyl (C=O) groups is 2. The molecule has 1 fully saturated rings. The minimum atomic E-state index is -5.15. The number of hydrogen-bond acceptors (Lipinski definition) is 4. The van der Waals surface area contributed by atoms with E-state index in [0.29, 0.717) is 24.2 Å². The second-order valence-corrected chi connectivity index (χ2v) is 7.81. The van der Waals surface area contributed by atoms with Crippen LogP contribution < -0.4 is 10.1 Å². The van der Waals surface area contributed by atoms with E-state index in [4.69, 9.17) is 4.74 Å². The Morgan fingerprint density at radius 1 is 1.12 bits per heavy atom. The molecule has 32 heavy (non-hydrogen) atoms. The van der Waals surface area contributed by atoms with E-state index in [1.807, 2.05) is 5.32 Å². The molecule has 0 saturated heterocycles. The fourth-order valence-corrected chi connectivity index (χ4v) is 4.16. The number of rotatable bonds is 5. The summed E-state index contributed by atoms with van der Waals surface area (Å²) in [5.41, 5.74) is -3.09. The number of nitrogens with zero attached hydrogens (tertiary/aromatic N) is 2. The van der Waals surface area contributed by atoms with Crippen LogP contribution in [0.3, 0.4) is 0 Å². The average Bonchev–Trinajstić information content (AvgIpc) is 3.41. The van der Waals surface area contributed by atoms with Crippen molar-refractivity contribution in [2.45, 2.75) is 43.6 Å². The number of ether oxygens (including phenoxy) is 1. The quantitative estimate of drug-likeness (QED) is 0.759. The number of methoxy groups -OCH3 is 1. The number of alkyl halides is 3. The van der Waals surface area contributed by atoms with Gasteiger partial charge in [0.2, 0.25) is 0 Å². The minimum Gasteiger partial charge on any atom is -0.497 e. The Hall–Kier alpha value is -3.36. The first-order valence-electron chi connectivity index (χ1n) is 10.3. The third-order valence-electron chi connectivity index (χ3n) is 5.79. The van der Waals surface area contributed by atoms with Crippen LogP contribution in [0.5, 0.6) is 5.75 Å². The molecule has 6 nitrogen and oxygen atoms in total. The topological polar surface area (TPSA) is 71.0 Å². The number of amidine groups is 1. The van der Waals surface area contributed by atoms with Crippen molar-refractivity contribution in [2.24, 2.45) is 4.99 Å². The summed E-state index contributed by atoms with van der Waals surface area (Å²) in [5.74, 6) is -2.13. The summed E-state index contributed by atoms with van der Waals surface area (Å²) in [7, 11) is 1.38. The molecule has 1 N–H and O–H groups in total. The number of carbonyl (C=O) groups excluding carboxylic acids is 2. The summed E-state index contributed by atoms with van der Waals surface area (Å²) >= 11 is 0. The predicted molar refractivity (Wildman–Crippen MR) is 111 cm³/mol. The highest BCUT2D eigenvalue weighted by Crippen LogP contribution is 2.41. The summed E-state index contributed by atoms with van der Waals surface area (Å²) < 4.78 is 48.4. The van der Waals surface area contributed by atoms with Crippen molar-refractivity contribution in [3.8, 4) is 5.75 Å². The molecule has 4 rings (SSSR count). The summed E-state index contributed by atoms with van der Waals surface area (Å²) in [5, 5.41) is 1.90. The molecule has 0 spiro atoms. The Balaban J connectivity index is 1.80. The SMILES string of the molecule is COc1cccc(C(=O)N[C@]2(C(F)(F)F)N=C(c3ccccc3)N(C3CCCC3)C2=O)c1. The molecular formula is C23H22F3N3O3. The van der Waals surface area contributed by atoms with Crippen LogP contribution in [-0.4, -0.2) is 47.5 Å². The maximum absolute atomic E-state index is 14.4. The Morgan fingerprint density at radius 3 is 2.44 bits per heavy atom. The monoisotopic (exact) mass is 445 g/mol. The van der Waals surface area contributed by atoms with Crippen molar-refractivity contribution in [1.29, 1.82) is 0 Å². The lowest BCUT2D eigenvalue weighted by atomic mass is 10.1. The van der Waals surface area contributed by atoms with Gasteiger partial charge in [-0.05, 0) is 31.0 Å². The Bertz CT molecular complexity index is 1050. The van der Waals surface area contributed by atoms with Gasteiger partial charge in [0, 0.05) is 17.2 Å². The molecule has 1 aliphatic heterocycles. The number of halogens is 3. The first-order chi connectivity index (χ1) is 15.3. The van der Waals surface area contributed by atoms with E-state index in [2.05, 4.69) is 4.99 Å². The fraction of sp³-hybridized carbons (Fsp3) is 0.348. The van der Waals surface area contributed by atoms with Crippen LogP contribution in [0.1, 0.15) is 41.6 Å². The van der Waals surface area contributed by atoms with Gasteiger partial charge in [0.1, 0.15) is 11.6 Å². The van der Waals surface area contributed by atoms with Crippen molar-refractivity contribution in [2.75, 3.05) is 7.11 Å². The normalized spacial score (nSPS) is 21.6. The Labute approximate surface area is 183 Å². The third kappa shape index (κ3) is 3.72. The highest BCUT2D eigenvalue weighted by molar-refractivity contribution is 6.17. The van der Waals surface area contributed by atoms with Crippen LogP contribution in [-0.2, 0) is 4.79 Å². The molecule has 0 unspecified atom stereocenters. The summed E-state index contributed by atoms with van der Waals surface area (Å²) in [6.45, 7) is 0. The van der Waals surface area contributed by atoms with Crippen molar-refractivity contribution in [3.63, 3.8) is 0 Å². The minimum absolute atomic E-state index is 0.0726. The van der Waals surface area contributed by atoms with Gasteiger partial charge in [-0.15, -0.1) is 0 Å². The zero-order chi connectivity index (χ0) is 22.9. The van der Waals surface area contributed by atoms with Crippen LogP contribution in [0.2, 0.25) is 0 Å². The van der Waals surface area contributed by atoms with Crippen molar-refractivity contribution in [3.05, 3.63) is 65.7 Å². The van der Waals surface area contributed by atoms with Gasteiger partial charge in [0.15, 0.2) is 0 Å². The second kappa shape index (κ2) is 8.29. The van der Waals surface area contributed by atoms with Crippen molar-refractivity contribution in [1.82, 2.24) is 10.2 Å². The second-order valence-electron chi connectivity index (χ2n) is 7.81. The van der Waals surface area contributed by atoms with Crippen LogP contribution in [0, 0.1) is 0 Å². The highest BCUT2D eigenvalue weighted by Gasteiger charge is 2.68. The zero-order valence-electron chi connectivity index (χ0n) is 17.4. The first-order valence-corrected chi connectivity index (χ1v) is 10.3. The van der Waals surface area contributed by atoms with Crippen LogP contribution in [0.15, 0.2) is 59.6 Å². The smallest absolute Gasteiger partial charge is 0.442 e. The number of aliphatic imine (C=N–C) groups is 1. The molecule has 1 saturated carbocycles. The molecule has 0 radical (unpaired) electrons. The van der Waals surface area contributed by atoms with E-state index in [0.717, 1.165) is 17.7 Å². The summed E-state index contributed by atoms with van der Waals surface area (Å²) in [6.07, 6.45) is -2.37. The predicted octanol–water partition coefficient (Wildman–Crippen LogP) is 3.92. The molecule has 2 aromatic rings. The van der Waals surface area contributed by atoms with E-state index in [-0.39, 0.29) is 11.4 Å². The molecule has 168 valence electrons. The molecule has 2 amide bonds. The van der Waals surface area contributed by atoms with E-state index in [9.17, 15) is 22.8 Å². The maximum Gasteiger partial charge on any atom is 0.442 e. The standard InChI is InChI=1S/C23H22F3N3O3/c1-32-18-13-7-10-16(14-18)20(30)28-22(23(24,25)26)21(31)29(17-11-5-6-12-17)19(27-22)15-8-3-2-4-9-15/h2-4,7-10,13-14,17H,5-6,11-12H2,1H3,(H,28,30)/t22-/m1/s1. The number of benzene rings is 2. The molecule has 1 atom stereocenters. The van der Waals surface area contributed by atoms with Crippen molar-refractivity contribution < 1.29 is 27.5 Å². The molecule has 0 bridgehead atoms. The molecule has 2 aromatic carbocycles. The highest BCUT2D eigenvalue weighted by atomic mass is 19.4. The van der Waals surface area contributed by atoms with Gasteiger partial charge >= 0.3 is 11.8 Å². The van der Waals surface area contributed by atoms with E-state index >= 15 is 0 Å². The lowest BCUT2D eigenvalue weighted by molar-refractivity contribution is -0.196. The van der Waals surface area contributed by atoms with E-state index in [1.165, 1.54) is 25.3 Å². The maximum atomic E-state index is 14.4. The zero-order valence-corrected chi connectivity index (χ0v) is 17.4. The van der Waals surface area contributed by atoms with Gasteiger partial charge in [-0.1, -0.05) is 49.2 Å². The van der Waals surface area contributed by atoms with Crippen LogP contribution in [0.25, 0.3) is 0 Å². The molecule has 1 aliphatic carbocycles. The number of nitrogens with one attached hydrogen (secondary N) is 1. The number of amides is 2. The van der Waals surface area contributed by atoms with Crippen LogP contribution >= 0.6 is 0 Å². The van der Waals surface area contributed by atoms with E-state index < -0.39 is 29.7 Å². The fourth-order valence-electron chi connectivity index (χ4n) is 4.16. The van der Waals surface area contributed by atoms with Gasteiger partial charge in [-0.3, -0.25) is 14.5 Å². The average molecular weight is 445 g/mol. The lowest BCUT2D eigenvalue weighted by Crippen LogP contribution is -2.64. The van der Waals surface area contributed by atoms with Gasteiger partial charge < -0.3 is 10.1 Å². The number of hydrogen-bond donors (Lipinski definition) is 1. The third-order valence-corrected chi connectivity index (χ3v) is 5.79. The summed E-state index contributed by atoms with van der Waals surface area (Å²) in [6, 6.07) is 13.5. The van der Waals surface area contributed by atoms with Crippen molar-refractivity contribution >= 4 is 17.6 Å². The van der Waals surface area contributed by atoms with Gasteiger partial charge in [-0.25, -0.2) is 4.99 Å². The molecule has 2 aliphatic rings. The molecule has 1 heterocycles.